The standard InChI is InChI=1S/C10H20N2O3/c1-11-9(8-14)10(15)12-6-4-2-3-5-7-13/h7,9,11,14H,2-6,8H2,1H3,(H,12,15). The maximum absolute atomic E-state index is 11.3. The minimum atomic E-state index is -0.528. The van der Waals surface area contributed by atoms with Crippen LogP contribution in [0.5, 0.6) is 0 Å². The molecule has 0 saturated heterocycles. The second-order valence-electron chi connectivity index (χ2n) is 3.33. The molecule has 1 atom stereocenters. The van der Waals surface area contributed by atoms with Gasteiger partial charge in [0, 0.05) is 13.0 Å². The van der Waals surface area contributed by atoms with Crippen molar-refractivity contribution in [2.75, 3.05) is 20.2 Å². The van der Waals surface area contributed by atoms with Gasteiger partial charge < -0.3 is 20.5 Å². The first-order valence-electron chi connectivity index (χ1n) is 5.25. The largest absolute Gasteiger partial charge is 0.394 e. The van der Waals surface area contributed by atoms with Gasteiger partial charge in [-0.3, -0.25) is 4.79 Å². The van der Waals surface area contributed by atoms with Crippen molar-refractivity contribution in [2.45, 2.75) is 31.7 Å². The average Bonchev–Trinajstić information content (AvgIpc) is 2.25. The summed E-state index contributed by atoms with van der Waals surface area (Å²) in [5.41, 5.74) is 0. The molecule has 15 heavy (non-hydrogen) atoms. The number of nitrogens with one attached hydrogen (secondary N) is 2. The Hall–Kier alpha value is -0.940. The van der Waals surface area contributed by atoms with Crippen LogP contribution < -0.4 is 10.6 Å². The predicted molar refractivity (Wildman–Crippen MR) is 57.5 cm³/mol. The summed E-state index contributed by atoms with van der Waals surface area (Å²) in [4.78, 5) is 21.3. The van der Waals surface area contributed by atoms with E-state index in [1.807, 2.05) is 0 Å². The number of likely N-dealkylation sites (N-methyl/N-ethyl adjacent to an activating group) is 1. The van der Waals surface area contributed by atoms with E-state index >= 15 is 0 Å². The van der Waals surface area contributed by atoms with Gasteiger partial charge in [0.25, 0.3) is 0 Å². The Morgan fingerprint density at radius 3 is 2.67 bits per heavy atom. The van der Waals surface area contributed by atoms with Crippen molar-refractivity contribution < 1.29 is 14.7 Å². The minimum Gasteiger partial charge on any atom is -0.394 e. The average molecular weight is 216 g/mol. The van der Waals surface area contributed by atoms with Crippen molar-refractivity contribution in [3.8, 4) is 0 Å². The molecule has 0 aromatic rings. The third-order valence-corrected chi connectivity index (χ3v) is 2.15. The Balaban J connectivity index is 3.41. The number of aliphatic hydroxyl groups is 1. The number of hydrogen-bond donors (Lipinski definition) is 3. The molecule has 1 unspecified atom stereocenters. The third-order valence-electron chi connectivity index (χ3n) is 2.15. The maximum atomic E-state index is 11.3. The maximum Gasteiger partial charge on any atom is 0.239 e. The highest BCUT2D eigenvalue weighted by Gasteiger charge is 2.13. The Labute approximate surface area is 90.2 Å². The molecule has 0 aliphatic heterocycles. The van der Waals surface area contributed by atoms with Gasteiger partial charge in [-0.25, -0.2) is 0 Å². The van der Waals surface area contributed by atoms with Crippen LogP contribution in [0.25, 0.3) is 0 Å². The monoisotopic (exact) mass is 216 g/mol. The summed E-state index contributed by atoms with van der Waals surface area (Å²) < 4.78 is 0. The van der Waals surface area contributed by atoms with E-state index in [1.54, 1.807) is 7.05 Å². The van der Waals surface area contributed by atoms with Crippen LogP contribution in [0.1, 0.15) is 25.7 Å². The van der Waals surface area contributed by atoms with Crippen molar-refractivity contribution in [1.82, 2.24) is 10.6 Å². The molecule has 88 valence electrons. The fraction of sp³-hybridized carbons (Fsp3) is 0.800. The van der Waals surface area contributed by atoms with Gasteiger partial charge in [0.1, 0.15) is 12.3 Å². The topological polar surface area (TPSA) is 78.4 Å². The van der Waals surface area contributed by atoms with Crippen LogP contribution in [-0.4, -0.2) is 43.5 Å². The molecule has 0 heterocycles. The van der Waals surface area contributed by atoms with E-state index in [9.17, 15) is 9.59 Å². The van der Waals surface area contributed by atoms with Crippen LogP contribution in [0, 0.1) is 0 Å². The molecular formula is C10H20N2O3. The number of hydrogen-bond acceptors (Lipinski definition) is 4. The van der Waals surface area contributed by atoms with Crippen LogP contribution in [0.3, 0.4) is 0 Å². The Kier molecular flexibility index (Phi) is 9.01. The molecule has 0 aliphatic rings. The van der Waals surface area contributed by atoms with E-state index in [2.05, 4.69) is 10.6 Å². The summed E-state index contributed by atoms with van der Waals surface area (Å²) in [7, 11) is 1.63. The van der Waals surface area contributed by atoms with Crippen molar-refractivity contribution in [1.29, 1.82) is 0 Å². The van der Waals surface area contributed by atoms with Crippen LogP contribution in [0.2, 0.25) is 0 Å². The molecule has 0 radical (unpaired) electrons. The van der Waals surface area contributed by atoms with Crippen molar-refractivity contribution in [3.63, 3.8) is 0 Å². The lowest BCUT2D eigenvalue weighted by atomic mass is 10.2. The second kappa shape index (κ2) is 9.61. The molecule has 0 aromatic heterocycles. The van der Waals surface area contributed by atoms with Crippen molar-refractivity contribution in [3.05, 3.63) is 0 Å². The minimum absolute atomic E-state index is 0.185. The summed E-state index contributed by atoms with van der Waals surface area (Å²) in [5, 5.41) is 14.2. The Morgan fingerprint density at radius 2 is 2.13 bits per heavy atom. The highest BCUT2D eigenvalue weighted by Crippen LogP contribution is 1.96. The number of carbonyl (C=O) groups is 2. The van der Waals surface area contributed by atoms with E-state index in [4.69, 9.17) is 5.11 Å². The number of amides is 1. The fourth-order valence-electron chi connectivity index (χ4n) is 1.17. The van der Waals surface area contributed by atoms with Gasteiger partial charge in [-0.2, -0.15) is 0 Å². The van der Waals surface area contributed by atoms with Gasteiger partial charge in [0.05, 0.1) is 6.61 Å². The molecule has 5 nitrogen and oxygen atoms in total. The summed E-state index contributed by atoms with van der Waals surface area (Å²) >= 11 is 0. The van der Waals surface area contributed by atoms with Gasteiger partial charge in [-0.1, -0.05) is 6.42 Å². The third kappa shape index (κ3) is 7.04. The zero-order valence-corrected chi connectivity index (χ0v) is 9.16. The Morgan fingerprint density at radius 1 is 1.40 bits per heavy atom. The predicted octanol–water partition coefficient (Wildman–Crippen LogP) is -0.558. The highest BCUT2D eigenvalue weighted by molar-refractivity contribution is 5.81. The molecule has 0 rings (SSSR count). The summed E-state index contributed by atoms with van der Waals surface area (Å²) in [6.07, 6.45) is 4.16. The van der Waals surface area contributed by atoms with Crippen molar-refractivity contribution in [2.24, 2.45) is 0 Å². The number of carbonyl (C=O) groups excluding carboxylic acids is 2. The number of unbranched alkanes of at least 4 members (excludes halogenated alkanes) is 3. The zero-order valence-electron chi connectivity index (χ0n) is 9.16. The number of aldehydes is 1. The highest BCUT2D eigenvalue weighted by atomic mass is 16.3. The molecule has 0 saturated carbocycles. The smallest absolute Gasteiger partial charge is 0.239 e. The quantitative estimate of drug-likeness (QED) is 0.357. The Bertz CT molecular complexity index is 182. The molecule has 0 fully saturated rings. The number of rotatable bonds is 9. The molecule has 0 aromatic carbocycles. The molecule has 1 amide bonds. The normalized spacial score (nSPS) is 12.1. The first-order chi connectivity index (χ1) is 7.26. The fourth-order valence-corrected chi connectivity index (χ4v) is 1.17. The van der Waals surface area contributed by atoms with Crippen LogP contribution in [-0.2, 0) is 9.59 Å². The first kappa shape index (κ1) is 14.1. The van der Waals surface area contributed by atoms with E-state index in [0.29, 0.717) is 13.0 Å². The molecular weight excluding hydrogens is 196 g/mol. The van der Waals surface area contributed by atoms with E-state index in [1.165, 1.54) is 0 Å². The number of aliphatic hydroxyl groups excluding tert-OH is 1. The van der Waals surface area contributed by atoms with Gasteiger partial charge in [0.2, 0.25) is 5.91 Å². The zero-order chi connectivity index (χ0) is 11.5. The van der Waals surface area contributed by atoms with Gasteiger partial charge >= 0.3 is 0 Å². The van der Waals surface area contributed by atoms with E-state index in [-0.39, 0.29) is 12.5 Å². The summed E-state index contributed by atoms with van der Waals surface area (Å²) in [6, 6.07) is -0.528. The van der Waals surface area contributed by atoms with Gasteiger partial charge in [-0.05, 0) is 19.9 Å². The summed E-state index contributed by atoms with van der Waals surface area (Å²) in [6.45, 7) is 0.392. The molecule has 0 spiro atoms. The van der Waals surface area contributed by atoms with Gasteiger partial charge in [0.15, 0.2) is 0 Å². The lowest BCUT2D eigenvalue weighted by Gasteiger charge is -2.12. The van der Waals surface area contributed by atoms with E-state index < -0.39 is 6.04 Å². The second-order valence-corrected chi connectivity index (χ2v) is 3.33. The van der Waals surface area contributed by atoms with Crippen LogP contribution in [0.4, 0.5) is 0 Å². The van der Waals surface area contributed by atoms with Crippen LogP contribution >= 0.6 is 0 Å². The summed E-state index contributed by atoms with van der Waals surface area (Å²) in [5.74, 6) is -0.185. The molecule has 3 N–H and O–H groups in total. The van der Waals surface area contributed by atoms with Crippen molar-refractivity contribution >= 4 is 12.2 Å². The van der Waals surface area contributed by atoms with Gasteiger partial charge in [-0.15, -0.1) is 0 Å². The first-order valence-corrected chi connectivity index (χ1v) is 5.25. The van der Waals surface area contributed by atoms with Crippen LogP contribution in [0.15, 0.2) is 0 Å². The molecule has 0 bridgehead atoms. The van der Waals surface area contributed by atoms with E-state index in [0.717, 1.165) is 25.5 Å². The lowest BCUT2D eigenvalue weighted by Crippen LogP contribution is -2.45. The lowest BCUT2D eigenvalue weighted by molar-refractivity contribution is -0.123. The molecule has 0 aliphatic carbocycles. The SMILES string of the molecule is CNC(CO)C(=O)NCCCCCC=O. The molecule has 5 heteroatoms.